The Bertz CT molecular complexity index is 235. The van der Waals surface area contributed by atoms with Crippen molar-refractivity contribution in [1.82, 2.24) is 4.90 Å². The van der Waals surface area contributed by atoms with E-state index in [1.165, 1.54) is 0 Å². The number of methoxy groups -OCH3 is 1. The number of amides is 1. The number of nitrogens with two attached hydrogens (primary N) is 1. The standard InChI is InChI=1S/C12H24N2O2S/c1-3-4-5-6-12(15)14(9-10-16-2)8-7-11(13)17/h3-10H2,1-2H3,(H2,13,17). The first-order valence-corrected chi connectivity index (χ1v) is 6.57. The molecule has 0 spiro atoms. The van der Waals surface area contributed by atoms with Crippen LogP contribution < -0.4 is 5.73 Å². The Balaban J connectivity index is 4.04. The quantitative estimate of drug-likeness (QED) is 0.480. The van der Waals surface area contributed by atoms with Gasteiger partial charge in [0.2, 0.25) is 5.91 Å². The normalized spacial score (nSPS) is 10.2. The van der Waals surface area contributed by atoms with Crippen molar-refractivity contribution in [2.75, 3.05) is 26.8 Å². The van der Waals surface area contributed by atoms with Crippen LogP contribution in [0.15, 0.2) is 0 Å². The fourth-order valence-corrected chi connectivity index (χ4v) is 1.58. The van der Waals surface area contributed by atoms with Gasteiger partial charge in [-0.15, -0.1) is 0 Å². The van der Waals surface area contributed by atoms with Crippen molar-refractivity contribution in [3.8, 4) is 0 Å². The van der Waals surface area contributed by atoms with Crippen molar-refractivity contribution < 1.29 is 9.53 Å². The largest absolute Gasteiger partial charge is 0.393 e. The predicted octanol–water partition coefficient (Wildman–Crippen LogP) is 1.72. The van der Waals surface area contributed by atoms with Gasteiger partial charge < -0.3 is 15.4 Å². The summed E-state index contributed by atoms with van der Waals surface area (Å²) in [5.74, 6) is 0.173. The molecule has 1 amide bonds. The summed E-state index contributed by atoms with van der Waals surface area (Å²) in [6, 6.07) is 0. The second kappa shape index (κ2) is 10.5. The van der Waals surface area contributed by atoms with Crippen LogP contribution in [0.4, 0.5) is 0 Å². The maximum absolute atomic E-state index is 11.9. The Kier molecular flexibility index (Phi) is 10.1. The molecule has 0 unspecified atom stereocenters. The lowest BCUT2D eigenvalue weighted by Crippen LogP contribution is -2.36. The minimum Gasteiger partial charge on any atom is -0.393 e. The molecule has 0 aliphatic carbocycles. The Hall–Kier alpha value is -0.680. The molecule has 5 heteroatoms. The molecular formula is C12H24N2O2S. The Morgan fingerprint density at radius 2 is 2.00 bits per heavy atom. The fraction of sp³-hybridized carbons (Fsp3) is 0.833. The van der Waals surface area contributed by atoms with Crippen molar-refractivity contribution in [3.05, 3.63) is 0 Å². The molecule has 0 saturated heterocycles. The minimum atomic E-state index is 0.173. The number of nitrogens with zero attached hydrogens (tertiary/aromatic N) is 1. The van der Waals surface area contributed by atoms with Crippen LogP contribution in [0.25, 0.3) is 0 Å². The summed E-state index contributed by atoms with van der Waals surface area (Å²) >= 11 is 4.83. The molecule has 0 heterocycles. The van der Waals surface area contributed by atoms with Gasteiger partial charge in [0, 0.05) is 33.0 Å². The molecular weight excluding hydrogens is 236 g/mol. The van der Waals surface area contributed by atoms with E-state index in [0.717, 1.165) is 19.3 Å². The van der Waals surface area contributed by atoms with Gasteiger partial charge in [-0.05, 0) is 6.42 Å². The van der Waals surface area contributed by atoms with Gasteiger partial charge >= 0.3 is 0 Å². The zero-order valence-corrected chi connectivity index (χ0v) is 11.7. The molecule has 2 N–H and O–H groups in total. The van der Waals surface area contributed by atoms with Crippen LogP contribution in [0.5, 0.6) is 0 Å². The number of carbonyl (C=O) groups excluding carboxylic acids is 1. The van der Waals surface area contributed by atoms with E-state index in [4.69, 9.17) is 22.7 Å². The molecule has 100 valence electrons. The van der Waals surface area contributed by atoms with Crippen molar-refractivity contribution >= 4 is 23.1 Å². The van der Waals surface area contributed by atoms with Gasteiger partial charge in [0.25, 0.3) is 0 Å². The summed E-state index contributed by atoms with van der Waals surface area (Å²) in [5, 5.41) is 0. The summed E-state index contributed by atoms with van der Waals surface area (Å²) in [7, 11) is 1.63. The second-order valence-electron chi connectivity index (χ2n) is 4.05. The summed E-state index contributed by atoms with van der Waals surface area (Å²) in [6.07, 6.45) is 4.36. The molecule has 0 aromatic heterocycles. The topological polar surface area (TPSA) is 55.6 Å². The SMILES string of the molecule is CCCCCC(=O)N(CCOC)CCC(N)=S. The lowest BCUT2D eigenvalue weighted by atomic mass is 10.2. The highest BCUT2D eigenvalue weighted by Crippen LogP contribution is 2.04. The number of unbranched alkanes of at least 4 members (excludes halogenated alkanes) is 2. The minimum absolute atomic E-state index is 0.173. The molecule has 4 nitrogen and oxygen atoms in total. The first kappa shape index (κ1) is 16.3. The molecule has 0 saturated carbocycles. The van der Waals surface area contributed by atoms with E-state index in [9.17, 15) is 4.79 Å². The molecule has 0 aliphatic rings. The van der Waals surface area contributed by atoms with Crippen molar-refractivity contribution in [3.63, 3.8) is 0 Å². The van der Waals surface area contributed by atoms with Crippen LogP contribution in [-0.2, 0) is 9.53 Å². The van der Waals surface area contributed by atoms with Gasteiger partial charge in [-0.1, -0.05) is 32.0 Å². The summed E-state index contributed by atoms with van der Waals surface area (Å²) in [4.78, 5) is 14.2. The predicted molar refractivity (Wildman–Crippen MR) is 74.0 cm³/mol. The first-order valence-electron chi connectivity index (χ1n) is 6.16. The van der Waals surface area contributed by atoms with Crippen LogP contribution in [-0.4, -0.2) is 42.6 Å². The second-order valence-corrected chi connectivity index (χ2v) is 4.57. The van der Waals surface area contributed by atoms with Gasteiger partial charge in [-0.3, -0.25) is 4.79 Å². The molecule has 17 heavy (non-hydrogen) atoms. The van der Waals surface area contributed by atoms with Gasteiger partial charge in [0.05, 0.1) is 11.6 Å². The molecule has 0 radical (unpaired) electrons. The molecule has 0 fully saturated rings. The smallest absolute Gasteiger partial charge is 0.222 e. The van der Waals surface area contributed by atoms with E-state index in [2.05, 4.69) is 6.92 Å². The van der Waals surface area contributed by atoms with Crippen LogP contribution >= 0.6 is 12.2 Å². The fourth-order valence-electron chi connectivity index (χ4n) is 1.49. The van der Waals surface area contributed by atoms with Crippen LogP contribution in [0.1, 0.15) is 39.0 Å². The third kappa shape index (κ3) is 9.06. The number of carbonyl (C=O) groups is 1. The highest BCUT2D eigenvalue weighted by molar-refractivity contribution is 7.80. The maximum Gasteiger partial charge on any atom is 0.222 e. The maximum atomic E-state index is 11.9. The van der Waals surface area contributed by atoms with Gasteiger partial charge in [0.15, 0.2) is 0 Å². The van der Waals surface area contributed by atoms with Gasteiger partial charge in [-0.2, -0.15) is 0 Å². The highest BCUT2D eigenvalue weighted by Gasteiger charge is 2.12. The van der Waals surface area contributed by atoms with E-state index < -0.39 is 0 Å². The zero-order valence-electron chi connectivity index (χ0n) is 10.9. The van der Waals surface area contributed by atoms with Crippen LogP contribution in [0, 0.1) is 0 Å². The Morgan fingerprint density at radius 1 is 1.29 bits per heavy atom. The Labute approximate surface area is 109 Å². The summed E-state index contributed by atoms with van der Waals surface area (Å²) < 4.78 is 5.00. The molecule has 0 aliphatic heterocycles. The van der Waals surface area contributed by atoms with Crippen LogP contribution in [0.3, 0.4) is 0 Å². The summed E-state index contributed by atoms with van der Waals surface area (Å²) in [6.45, 7) is 3.89. The van der Waals surface area contributed by atoms with E-state index >= 15 is 0 Å². The third-order valence-corrected chi connectivity index (χ3v) is 2.74. The zero-order chi connectivity index (χ0) is 13.1. The monoisotopic (exact) mass is 260 g/mol. The lowest BCUT2D eigenvalue weighted by molar-refractivity contribution is -0.131. The molecule has 0 aromatic rings. The number of thiocarbonyl (C=S) groups is 1. The third-order valence-electron chi connectivity index (χ3n) is 2.54. The lowest BCUT2D eigenvalue weighted by Gasteiger charge is -2.22. The first-order chi connectivity index (χ1) is 8.11. The van der Waals surface area contributed by atoms with E-state index in [0.29, 0.717) is 37.5 Å². The van der Waals surface area contributed by atoms with Crippen molar-refractivity contribution in [2.24, 2.45) is 5.73 Å². The Morgan fingerprint density at radius 3 is 2.53 bits per heavy atom. The van der Waals surface area contributed by atoms with E-state index in [1.807, 2.05) is 0 Å². The van der Waals surface area contributed by atoms with E-state index in [1.54, 1.807) is 12.0 Å². The van der Waals surface area contributed by atoms with E-state index in [-0.39, 0.29) is 5.91 Å². The average Bonchev–Trinajstić information content (AvgIpc) is 2.29. The number of hydrogen-bond acceptors (Lipinski definition) is 3. The number of rotatable bonds is 10. The summed E-state index contributed by atoms with van der Waals surface area (Å²) in [5.41, 5.74) is 5.45. The average molecular weight is 260 g/mol. The molecule has 0 rings (SSSR count). The number of ether oxygens (including phenoxy) is 1. The number of hydrogen-bond donors (Lipinski definition) is 1. The van der Waals surface area contributed by atoms with Crippen LogP contribution in [0.2, 0.25) is 0 Å². The molecule has 0 bridgehead atoms. The van der Waals surface area contributed by atoms with Gasteiger partial charge in [0.1, 0.15) is 0 Å². The molecule has 0 aromatic carbocycles. The van der Waals surface area contributed by atoms with Crippen molar-refractivity contribution in [2.45, 2.75) is 39.0 Å². The van der Waals surface area contributed by atoms with Crippen molar-refractivity contribution in [1.29, 1.82) is 0 Å². The highest BCUT2D eigenvalue weighted by atomic mass is 32.1. The van der Waals surface area contributed by atoms with Gasteiger partial charge in [-0.25, -0.2) is 0 Å². The molecule has 0 atom stereocenters.